The Balaban J connectivity index is 1.74. The average molecular weight is 321 g/mol. The van der Waals surface area contributed by atoms with Gasteiger partial charge in [-0.05, 0) is 38.1 Å². The molecule has 0 spiro atoms. The van der Waals surface area contributed by atoms with Gasteiger partial charge in [-0.2, -0.15) is 10.1 Å². The van der Waals surface area contributed by atoms with E-state index in [1.54, 1.807) is 7.11 Å². The van der Waals surface area contributed by atoms with Crippen LogP contribution in [0.5, 0.6) is 11.5 Å². The quantitative estimate of drug-likeness (QED) is 0.728. The highest BCUT2D eigenvalue weighted by Crippen LogP contribution is 2.20. The van der Waals surface area contributed by atoms with Crippen LogP contribution in [0.3, 0.4) is 0 Å². The molecule has 2 rings (SSSR count). The van der Waals surface area contributed by atoms with Crippen molar-refractivity contribution in [1.29, 1.82) is 0 Å². The van der Waals surface area contributed by atoms with E-state index in [1.807, 2.05) is 38.1 Å². The molecule has 4 N–H and O–H groups in total. The first-order valence-corrected chi connectivity index (χ1v) is 7.32. The van der Waals surface area contributed by atoms with Crippen molar-refractivity contribution < 1.29 is 14.3 Å². The Labute approximate surface area is 135 Å². The summed E-state index contributed by atoms with van der Waals surface area (Å²) in [7, 11) is 1.63. The fourth-order valence-electron chi connectivity index (χ4n) is 2.09. The second-order valence-corrected chi connectivity index (χ2v) is 5.44. The molecule has 1 aromatic rings. The lowest BCUT2D eigenvalue weighted by molar-refractivity contribution is -0.158. The van der Waals surface area contributed by atoms with Crippen molar-refractivity contribution in [3.63, 3.8) is 0 Å². The predicted molar refractivity (Wildman–Crippen MR) is 88.2 cm³/mol. The Kier molecular flexibility index (Phi) is 5.28. The minimum atomic E-state index is -0.688. The molecule has 0 radical (unpaired) electrons. The van der Waals surface area contributed by atoms with E-state index >= 15 is 0 Å². The summed E-state index contributed by atoms with van der Waals surface area (Å²) in [5.74, 6) is 1.92. The van der Waals surface area contributed by atoms with Gasteiger partial charge in [0.15, 0.2) is 5.66 Å². The van der Waals surface area contributed by atoms with Crippen molar-refractivity contribution in [3.8, 4) is 11.5 Å². The number of benzene rings is 1. The minimum absolute atomic E-state index is 0.148. The normalized spacial score (nSPS) is 16.6. The molecule has 0 aromatic heterocycles. The third-order valence-corrected chi connectivity index (χ3v) is 3.16. The van der Waals surface area contributed by atoms with E-state index in [9.17, 15) is 0 Å². The van der Waals surface area contributed by atoms with Crippen molar-refractivity contribution in [3.05, 3.63) is 24.3 Å². The lowest BCUT2D eigenvalue weighted by Gasteiger charge is -2.36. The van der Waals surface area contributed by atoms with Gasteiger partial charge in [0.25, 0.3) is 0 Å². The molecule has 0 saturated carbocycles. The molecule has 0 atom stereocenters. The molecule has 0 bridgehead atoms. The number of ether oxygens (including phenoxy) is 2. The number of methoxy groups -OCH3 is 1. The first kappa shape index (κ1) is 16.9. The van der Waals surface area contributed by atoms with Crippen molar-refractivity contribution >= 4 is 11.9 Å². The first-order chi connectivity index (χ1) is 10.9. The van der Waals surface area contributed by atoms with Crippen LogP contribution in [0.25, 0.3) is 0 Å². The van der Waals surface area contributed by atoms with Crippen LogP contribution in [-0.4, -0.2) is 43.0 Å². The molecule has 1 aliphatic heterocycles. The van der Waals surface area contributed by atoms with Gasteiger partial charge < -0.3 is 20.9 Å². The van der Waals surface area contributed by atoms with E-state index < -0.39 is 5.66 Å². The molecular formula is C15H23N5O3. The predicted octanol–water partition coefficient (Wildman–Crippen LogP) is 1.08. The SMILES string of the molecule is COc1ccc(OCCCON2C(N)=NC(N)=NC2(C)C)cc1. The number of nitrogens with zero attached hydrogens (tertiary/aromatic N) is 3. The molecule has 8 heteroatoms. The summed E-state index contributed by atoms with van der Waals surface area (Å²) < 4.78 is 10.7. The number of hydrogen-bond acceptors (Lipinski definition) is 8. The molecule has 8 nitrogen and oxygen atoms in total. The van der Waals surface area contributed by atoms with Crippen LogP contribution in [0, 0.1) is 0 Å². The molecule has 1 heterocycles. The summed E-state index contributed by atoms with van der Waals surface area (Å²) >= 11 is 0. The monoisotopic (exact) mass is 321 g/mol. The second-order valence-electron chi connectivity index (χ2n) is 5.44. The van der Waals surface area contributed by atoms with Gasteiger partial charge in [0.2, 0.25) is 11.9 Å². The van der Waals surface area contributed by atoms with Gasteiger partial charge >= 0.3 is 0 Å². The molecule has 0 unspecified atom stereocenters. The van der Waals surface area contributed by atoms with Crippen molar-refractivity contribution in [2.45, 2.75) is 25.9 Å². The van der Waals surface area contributed by atoms with Crippen molar-refractivity contribution in [1.82, 2.24) is 5.06 Å². The molecule has 0 amide bonds. The minimum Gasteiger partial charge on any atom is -0.497 e. The van der Waals surface area contributed by atoms with Crippen LogP contribution < -0.4 is 20.9 Å². The van der Waals surface area contributed by atoms with Gasteiger partial charge in [-0.1, -0.05) is 0 Å². The average Bonchev–Trinajstić information content (AvgIpc) is 2.49. The standard InChI is InChI=1S/C15H23N5O3/c1-15(2)19-13(16)18-14(17)20(15)23-10-4-9-22-12-7-5-11(21-3)6-8-12/h5-8H,4,9-10H2,1-3H3,(H4,16,17,18,19). The van der Waals surface area contributed by atoms with E-state index in [0.717, 1.165) is 11.5 Å². The molecular weight excluding hydrogens is 298 g/mol. The van der Waals surface area contributed by atoms with Gasteiger partial charge in [-0.25, -0.2) is 4.99 Å². The highest BCUT2D eigenvalue weighted by Gasteiger charge is 2.32. The molecule has 0 fully saturated rings. The van der Waals surface area contributed by atoms with Crippen LogP contribution >= 0.6 is 0 Å². The molecule has 0 aliphatic carbocycles. The topological polar surface area (TPSA) is 108 Å². The van der Waals surface area contributed by atoms with Gasteiger partial charge in [-0.3, -0.25) is 4.84 Å². The summed E-state index contributed by atoms with van der Waals surface area (Å²) in [5.41, 5.74) is 10.7. The summed E-state index contributed by atoms with van der Waals surface area (Å²) in [6.07, 6.45) is 0.686. The lowest BCUT2D eigenvalue weighted by atomic mass is 10.2. The number of hydroxylamine groups is 2. The van der Waals surface area contributed by atoms with Gasteiger partial charge in [0.1, 0.15) is 11.5 Å². The smallest absolute Gasteiger partial charge is 0.226 e. The summed E-state index contributed by atoms with van der Waals surface area (Å²) in [5, 5.41) is 1.46. The zero-order valence-corrected chi connectivity index (χ0v) is 13.7. The third-order valence-electron chi connectivity index (χ3n) is 3.16. The molecule has 126 valence electrons. The van der Waals surface area contributed by atoms with E-state index in [1.165, 1.54) is 5.06 Å². The van der Waals surface area contributed by atoms with E-state index in [0.29, 0.717) is 19.6 Å². The highest BCUT2D eigenvalue weighted by atomic mass is 16.7. The third kappa shape index (κ3) is 4.49. The summed E-state index contributed by atoms with van der Waals surface area (Å²) in [6, 6.07) is 7.41. The van der Waals surface area contributed by atoms with Crippen molar-refractivity contribution in [2.24, 2.45) is 21.5 Å². The number of hydrogen-bond donors (Lipinski definition) is 2. The molecule has 1 aromatic carbocycles. The number of guanidine groups is 2. The van der Waals surface area contributed by atoms with E-state index in [2.05, 4.69) is 9.98 Å². The number of aliphatic imine (C=N–C) groups is 2. The Bertz CT molecular complexity index is 583. The zero-order valence-electron chi connectivity index (χ0n) is 13.7. The largest absolute Gasteiger partial charge is 0.497 e. The number of nitrogens with two attached hydrogens (primary N) is 2. The number of rotatable bonds is 7. The summed E-state index contributed by atoms with van der Waals surface area (Å²) in [6.45, 7) is 4.62. The van der Waals surface area contributed by atoms with Crippen LogP contribution in [0.4, 0.5) is 0 Å². The van der Waals surface area contributed by atoms with Crippen LogP contribution in [-0.2, 0) is 4.84 Å². The lowest BCUT2D eigenvalue weighted by Crippen LogP contribution is -2.53. The highest BCUT2D eigenvalue weighted by molar-refractivity contribution is 5.95. The van der Waals surface area contributed by atoms with Crippen LogP contribution in [0.15, 0.2) is 34.3 Å². The molecule has 0 saturated heterocycles. The zero-order chi connectivity index (χ0) is 16.9. The van der Waals surface area contributed by atoms with E-state index in [4.69, 9.17) is 25.8 Å². The van der Waals surface area contributed by atoms with Crippen LogP contribution in [0.1, 0.15) is 20.3 Å². The molecule has 1 aliphatic rings. The Hall–Kier alpha value is -2.48. The van der Waals surface area contributed by atoms with Gasteiger partial charge in [-0.15, -0.1) is 0 Å². The maximum absolute atomic E-state index is 5.83. The Morgan fingerprint density at radius 2 is 1.74 bits per heavy atom. The Morgan fingerprint density at radius 1 is 1.09 bits per heavy atom. The molecule has 23 heavy (non-hydrogen) atoms. The van der Waals surface area contributed by atoms with Gasteiger partial charge in [0, 0.05) is 6.42 Å². The first-order valence-electron chi connectivity index (χ1n) is 7.32. The maximum atomic E-state index is 5.83. The van der Waals surface area contributed by atoms with Crippen LogP contribution in [0.2, 0.25) is 0 Å². The Morgan fingerprint density at radius 3 is 2.35 bits per heavy atom. The summed E-state index contributed by atoms with van der Waals surface area (Å²) in [4.78, 5) is 13.7. The fraction of sp³-hybridized carbons (Fsp3) is 0.467. The second kappa shape index (κ2) is 7.19. The van der Waals surface area contributed by atoms with E-state index in [-0.39, 0.29) is 11.9 Å². The van der Waals surface area contributed by atoms with Crippen molar-refractivity contribution in [2.75, 3.05) is 20.3 Å². The fourth-order valence-corrected chi connectivity index (χ4v) is 2.09. The maximum Gasteiger partial charge on any atom is 0.226 e. The van der Waals surface area contributed by atoms with Gasteiger partial charge in [0.05, 0.1) is 20.3 Å².